The molecule has 6 aromatic rings. The van der Waals surface area contributed by atoms with Gasteiger partial charge in [0.2, 0.25) is 13.6 Å². The Balaban J connectivity index is 0.000000178. The van der Waals surface area contributed by atoms with E-state index in [9.17, 15) is 8.78 Å². The maximum Gasteiger partial charge on any atom is 0.231 e. The molecule has 2 saturated heterocycles. The molecule has 10 rings (SSSR count). The normalized spacial score (nSPS) is 16.2. The lowest BCUT2D eigenvalue weighted by Gasteiger charge is -2.36. The molecule has 384 valence electrons. The second kappa shape index (κ2) is 28.0. The van der Waals surface area contributed by atoms with E-state index in [-0.39, 0.29) is 42.9 Å². The van der Waals surface area contributed by atoms with Gasteiger partial charge in [-0.05, 0) is 162 Å². The highest BCUT2D eigenvalue weighted by Crippen LogP contribution is 2.39. The van der Waals surface area contributed by atoms with Crippen molar-refractivity contribution in [3.8, 4) is 34.5 Å². The van der Waals surface area contributed by atoms with Crippen molar-refractivity contribution in [2.75, 3.05) is 92.0 Å². The number of benzene rings is 4. The molecule has 4 aromatic carbocycles. The summed E-state index contributed by atoms with van der Waals surface area (Å²) in [5.74, 6) is 4.59. The van der Waals surface area contributed by atoms with Crippen LogP contribution in [0, 0.1) is 23.5 Å². The van der Waals surface area contributed by atoms with Crippen LogP contribution in [0.4, 0.5) is 8.78 Å². The van der Waals surface area contributed by atoms with Crippen LogP contribution in [-0.4, -0.2) is 117 Å². The van der Waals surface area contributed by atoms with E-state index in [1.54, 1.807) is 36.4 Å². The fourth-order valence-electron chi connectivity index (χ4n) is 9.58. The molecule has 6 heterocycles. The molecule has 0 bridgehead atoms. The summed E-state index contributed by atoms with van der Waals surface area (Å²) >= 11 is 3.18. The number of para-hydroxylation sites is 2. The zero-order chi connectivity index (χ0) is 49.2. The minimum Gasteiger partial charge on any atom is -0.490 e. The van der Waals surface area contributed by atoms with Crippen molar-refractivity contribution in [2.45, 2.75) is 37.8 Å². The molecule has 0 radical (unpaired) electrons. The van der Waals surface area contributed by atoms with Gasteiger partial charge in [-0.3, -0.25) is 24.7 Å². The third kappa shape index (κ3) is 15.2. The lowest BCUT2D eigenvalue weighted by atomic mass is 9.94. The zero-order valence-electron chi connectivity index (χ0n) is 41.1. The van der Waals surface area contributed by atoms with Crippen LogP contribution >= 0.6 is 28.3 Å². The van der Waals surface area contributed by atoms with Gasteiger partial charge in [0, 0.05) is 37.4 Å². The second-order valence-electron chi connectivity index (χ2n) is 18.1. The largest absolute Gasteiger partial charge is 0.490 e. The number of hydrogen-bond acceptors (Lipinski definition) is 12. The standard InChI is InChI=1S/C28H32FN3O3.C20H25N3O2.C8H8BrFO.ClH/c1-31(19-21-11-14-32(15-12-21)16-17-33-25-8-3-2-6-23(25)29)28(24-7-4-5-13-30-24)22-9-10-26-27(18-22)35-20-34-26;1-23(13-15-7-10-21-11-8-15)20(17-4-2-3-9-22-17)16-5-6-18-19(12-16)25-14-24-18;9-5-6-11-8-4-2-1-3-7(8)10;/h2-10,13,18,21,28H,11-12,14-17,19-20H2,1H3;2-6,9,12,15,20-21H,7-8,10-11,13-14H2,1H3;1-4H,5-6H2;1H. The first kappa shape index (κ1) is 54.2. The highest BCUT2D eigenvalue weighted by molar-refractivity contribution is 9.09. The molecule has 72 heavy (non-hydrogen) atoms. The number of pyridine rings is 2. The molecule has 0 aliphatic carbocycles. The Morgan fingerprint density at radius 1 is 0.611 bits per heavy atom. The quantitative estimate of drug-likeness (QED) is 0.0880. The monoisotopic (exact) mass is 1070 g/mol. The van der Waals surface area contributed by atoms with E-state index in [4.69, 9.17) is 28.4 Å². The number of halogens is 4. The number of hydrogen-bond donors (Lipinski definition) is 1. The summed E-state index contributed by atoms with van der Waals surface area (Å²) in [6.45, 7) is 8.71. The number of rotatable bonds is 17. The van der Waals surface area contributed by atoms with E-state index in [0.29, 0.717) is 42.8 Å². The zero-order valence-corrected chi connectivity index (χ0v) is 43.5. The Labute approximate surface area is 437 Å². The summed E-state index contributed by atoms with van der Waals surface area (Å²) in [7, 11) is 4.38. The molecular weight excluding hydrogens is 1010 g/mol. The number of alkyl halides is 1. The van der Waals surface area contributed by atoms with Crippen LogP contribution in [0.15, 0.2) is 134 Å². The molecule has 1 N–H and O–H groups in total. The number of nitrogens with zero attached hydrogens (tertiary/aromatic N) is 5. The van der Waals surface area contributed by atoms with Crippen LogP contribution in [0.1, 0.15) is 60.3 Å². The van der Waals surface area contributed by atoms with Crippen molar-refractivity contribution < 1.29 is 37.2 Å². The van der Waals surface area contributed by atoms with E-state index >= 15 is 0 Å². The third-order valence-corrected chi connectivity index (χ3v) is 13.5. The van der Waals surface area contributed by atoms with Gasteiger partial charge in [0.25, 0.3) is 0 Å². The number of ether oxygens (including phenoxy) is 6. The van der Waals surface area contributed by atoms with E-state index in [0.717, 1.165) is 105 Å². The first-order valence-electron chi connectivity index (χ1n) is 24.6. The molecule has 2 fully saturated rings. The van der Waals surface area contributed by atoms with Crippen molar-refractivity contribution in [2.24, 2.45) is 11.8 Å². The summed E-state index contributed by atoms with van der Waals surface area (Å²) in [6.07, 6.45) is 8.44. The fraction of sp³-hybridized carbons (Fsp3) is 0.393. The Hall–Kier alpha value is -5.55. The molecular formula is C56H66BrClF2N6O6. The highest BCUT2D eigenvalue weighted by Gasteiger charge is 2.29. The van der Waals surface area contributed by atoms with Crippen molar-refractivity contribution in [1.29, 1.82) is 0 Å². The minimum atomic E-state index is -0.312. The summed E-state index contributed by atoms with van der Waals surface area (Å²) in [5.41, 5.74) is 4.44. The topological polar surface area (TPSA) is 103 Å². The molecule has 0 spiro atoms. The number of aromatic nitrogens is 2. The van der Waals surface area contributed by atoms with Crippen molar-refractivity contribution in [3.05, 3.63) is 168 Å². The Kier molecular flexibility index (Phi) is 21.1. The molecule has 2 aromatic heterocycles. The number of fused-ring (bicyclic) bond motifs is 2. The first-order valence-corrected chi connectivity index (χ1v) is 25.7. The van der Waals surface area contributed by atoms with Gasteiger partial charge < -0.3 is 33.7 Å². The van der Waals surface area contributed by atoms with E-state index < -0.39 is 0 Å². The Bertz CT molecular complexity index is 2550. The number of piperidine rings is 2. The summed E-state index contributed by atoms with van der Waals surface area (Å²) in [4.78, 5) is 16.6. The van der Waals surface area contributed by atoms with Gasteiger partial charge >= 0.3 is 0 Å². The molecule has 2 unspecified atom stereocenters. The maximum absolute atomic E-state index is 13.7. The molecule has 16 heteroatoms. The summed E-state index contributed by atoms with van der Waals surface area (Å²) < 4.78 is 59.4. The Morgan fingerprint density at radius 2 is 1.07 bits per heavy atom. The van der Waals surface area contributed by atoms with Crippen molar-refractivity contribution in [1.82, 2.24) is 30.0 Å². The van der Waals surface area contributed by atoms with E-state index in [1.165, 1.54) is 30.5 Å². The predicted molar refractivity (Wildman–Crippen MR) is 282 cm³/mol. The van der Waals surface area contributed by atoms with Crippen molar-refractivity contribution in [3.63, 3.8) is 0 Å². The van der Waals surface area contributed by atoms with Gasteiger partial charge in [-0.15, -0.1) is 12.4 Å². The minimum absolute atomic E-state index is 0. The second-order valence-corrected chi connectivity index (χ2v) is 18.9. The SMILES string of the molecule is CN(CC1CCN(CCOc2ccccc2F)CC1)C(c1ccc2c(c1)OCO2)c1ccccn1.CN(CC1CCNCC1)C(c1ccc2c(c1)OCO2)c1ccccn1.Cl.Fc1ccccc1OCCBr. The van der Waals surface area contributed by atoms with Crippen LogP contribution < -0.4 is 33.7 Å². The lowest BCUT2D eigenvalue weighted by molar-refractivity contribution is 0.126. The van der Waals surface area contributed by atoms with E-state index in [2.05, 4.69) is 102 Å². The van der Waals surface area contributed by atoms with Crippen LogP contribution in [0.5, 0.6) is 34.5 Å². The summed E-state index contributed by atoms with van der Waals surface area (Å²) in [5, 5.41) is 4.16. The highest BCUT2D eigenvalue weighted by atomic mass is 79.9. The van der Waals surface area contributed by atoms with Crippen molar-refractivity contribution >= 4 is 28.3 Å². The van der Waals surface area contributed by atoms with Gasteiger partial charge in [-0.1, -0.05) is 64.5 Å². The predicted octanol–water partition coefficient (Wildman–Crippen LogP) is 10.6. The van der Waals surface area contributed by atoms with Gasteiger partial charge in [-0.25, -0.2) is 8.78 Å². The first-order chi connectivity index (χ1) is 34.8. The summed E-state index contributed by atoms with van der Waals surface area (Å²) in [6, 6.07) is 37.7. The number of likely N-dealkylation sites (tertiary alicyclic amines) is 1. The Morgan fingerprint density at radius 3 is 1.54 bits per heavy atom. The molecule has 4 aliphatic rings. The van der Waals surface area contributed by atoms with Crippen LogP contribution in [0.3, 0.4) is 0 Å². The van der Waals surface area contributed by atoms with Gasteiger partial charge in [0.15, 0.2) is 46.1 Å². The third-order valence-electron chi connectivity index (χ3n) is 13.2. The molecule has 0 amide bonds. The molecule has 4 aliphatic heterocycles. The van der Waals surface area contributed by atoms with Crippen LogP contribution in [0.2, 0.25) is 0 Å². The van der Waals surface area contributed by atoms with Crippen LogP contribution in [-0.2, 0) is 0 Å². The average Bonchev–Trinajstić information content (AvgIpc) is 4.09. The van der Waals surface area contributed by atoms with Crippen LogP contribution in [0.25, 0.3) is 0 Å². The smallest absolute Gasteiger partial charge is 0.231 e. The van der Waals surface area contributed by atoms with Gasteiger partial charge in [0.1, 0.15) is 6.61 Å². The lowest BCUT2D eigenvalue weighted by Crippen LogP contribution is -2.40. The molecule has 0 saturated carbocycles. The van der Waals surface area contributed by atoms with E-state index in [1.807, 2.05) is 42.7 Å². The maximum atomic E-state index is 13.7. The molecule has 12 nitrogen and oxygen atoms in total. The van der Waals surface area contributed by atoms with Gasteiger partial charge in [-0.2, -0.15) is 0 Å². The fourth-order valence-corrected chi connectivity index (χ4v) is 9.74. The molecule has 2 atom stereocenters. The number of nitrogens with one attached hydrogen (secondary N) is 1. The average molecular weight is 1070 g/mol. The van der Waals surface area contributed by atoms with Gasteiger partial charge in [0.05, 0.1) is 30.1 Å².